The molecule has 0 atom stereocenters. The van der Waals surface area contributed by atoms with Gasteiger partial charge in [0, 0.05) is 26.1 Å². The Morgan fingerprint density at radius 3 is 2.57 bits per heavy atom. The zero-order chi connectivity index (χ0) is 16.6. The van der Waals surface area contributed by atoms with Crippen LogP contribution in [-0.4, -0.2) is 49.2 Å². The van der Waals surface area contributed by atoms with E-state index in [4.69, 9.17) is 5.11 Å². The highest BCUT2D eigenvalue weighted by Gasteiger charge is 2.29. The summed E-state index contributed by atoms with van der Waals surface area (Å²) in [6.45, 7) is 0.802. The molecule has 1 aromatic heterocycles. The second-order valence-electron chi connectivity index (χ2n) is 5.49. The molecule has 9 heteroatoms. The fourth-order valence-electron chi connectivity index (χ4n) is 2.80. The molecule has 1 saturated heterocycles. The SMILES string of the molecule is Cn1nnnc1C1CCN(C(=O)c2ccc(O)c(F)c2F)CC1. The van der Waals surface area contributed by atoms with E-state index < -0.39 is 23.3 Å². The van der Waals surface area contributed by atoms with E-state index in [2.05, 4.69) is 15.5 Å². The highest BCUT2D eigenvalue weighted by atomic mass is 19.2. The van der Waals surface area contributed by atoms with Gasteiger partial charge in [0.05, 0.1) is 5.56 Å². The predicted molar refractivity (Wildman–Crippen MR) is 74.7 cm³/mol. The molecule has 1 fully saturated rings. The standard InChI is InChI=1S/C14H15F2N5O2/c1-20-13(17-18-19-20)8-4-6-21(7-5-8)14(23)9-2-3-10(22)12(16)11(9)15/h2-3,8,22H,4-7H2,1H3. The summed E-state index contributed by atoms with van der Waals surface area (Å²) < 4.78 is 28.8. The van der Waals surface area contributed by atoms with Gasteiger partial charge in [-0.15, -0.1) is 5.10 Å². The molecule has 0 radical (unpaired) electrons. The van der Waals surface area contributed by atoms with E-state index in [9.17, 15) is 13.6 Å². The van der Waals surface area contributed by atoms with Gasteiger partial charge in [0.25, 0.3) is 5.91 Å². The number of phenols is 1. The summed E-state index contributed by atoms with van der Waals surface area (Å²) in [6, 6.07) is 2.07. The lowest BCUT2D eigenvalue weighted by Crippen LogP contribution is -2.38. The molecule has 1 N–H and O–H groups in total. The third-order valence-electron chi connectivity index (χ3n) is 4.09. The number of tetrazole rings is 1. The molecule has 0 saturated carbocycles. The molecule has 3 rings (SSSR count). The number of amides is 1. The average Bonchev–Trinajstić information content (AvgIpc) is 2.98. The molecule has 122 valence electrons. The fraction of sp³-hybridized carbons (Fsp3) is 0.429. The van der Waals surface area contributed by atoms with Crippen LogP contribution in [-0.2, 0) is 7.05 Å². The van der Waals surface area contributed by atoms with E-state index in [1.165, 1.54) is 4.90 Å². The van der Waals surface area contributed by atoms with E-state index in [0.29, 0.717) is 25.9 Å². The van der Waals surface area contributed by atoms with Crippen LogP contribution in [0.25, 0.3) is 0 Å². The summed E-state index contributed by atoms with van der Waals surface area (Å²) in [5.41, 5.74) is -0.376. The normalized spacial score (nSPS) is 15.9. The van der Waals surface area contributed by atoms with Crippen LogP contribution in [0, 0.1) is 11.6 Å². The zero-order valence-corrected chi connectivity index (χ0v) is 12.4. The molecule has 2 heterocycles. The van der Waals surface area contributed by atoms with E-state index >= 15 is 0 Å². The van der Waals surface area contributed by atoms with Gasteiger partial charge in [-0.2, -0.15) is 4.39 Å². The van der Waals surface area contributed by atoms with Crippen molar-refractivity contribution >= 4 is 5.91 Å². The van der Waals surface area contributed by atoms with Gasteiger partial charge in [-0.05, 0) is 35.4 Å². The van der Waals surface area contributed by atoms with Crippen molar-refractivity contribution in [2.75, 3.05) is 13.1 Å². The average molecular weight is 323 g/mol. The third kappa shape index (κ3) is 2.73. The smallest absolute Gasteiger partial charge is 0.256 e. The van der Waals surface area contributed by atoms with Crippen molar-refractivity contribution in [2.45, 2.75) is 18.8 Å². The first-order valence-corrected chi connectivity index (χ1v) is 7.17. The number of rotatable bonds is 2. The molecule has 0 aliphatic carbocycles. The number of carbonyl (C=O) groups is 1. The number of nitrogens with zero attached hydrogens (tertiary/aromatic N) is 5. The Labute approximate surface area is 130 Å². The molecule has 1 aliphatic heterocycles. The Kier molecular flexibility index (Phi) is 3.93. The van der Waals surface area contributed by atoms with Crippen LogP contribution in [0.2, 0.25) is 0 Å². The summed E-state index contributed by atoms with van der Waals surface area (Å²) in [7, 11) is 1.75. The molecule has 2 aromatic rings. The molecule has 23 heavy (non-hydrogen) atoms. The lowest BCUT2D eigenvalue weighted by Gasteiger charge is -2.31. The van der Waals surface area contributed by atoms with Crippen LogP contribution in [0.15, 0.2) is 12.1 Å². The number of hydrogen-bond donors (Lipinski definition) is 1. The first kappa shape index (κ1) is 15.3. The quantitative estimate of drug-likeness (QED) is 0.898. The molecule has 1 aromatic carbocycles. The van der Waals surface area contributed by atoms with Gasteiger partial charge in [-0.3, -0.25) is 4.79 Å². The van der Waals surface area contributed by atoms with Crippen molar-refractivity contribution in [1.82, 2.24) is 25.1 Å². The number of halogens is 2. The van der Waals surface area contributed by atoms with E-state index in [1.54, 1.807) is 11.7 Å². The molecule has 1 amide bonds. The number of phenolic OH excluding ortho intramolecular Hbond substituents is 1. The van der Waals surface area contributed by atoms with Gasteiger partial charge >= 0.3 is 0 Å². The molecular weight excluding hydrogens is 308 g/mol. The number of carbonyl (C=O) groups excluding carboxylic acids is 1. The summed E-state index contributed by atoms with van der Waals surface area (Å²) in [6.07, 6.45) is 1.28. The van der Waals surface area contributed by atoms with Gasteiger partial charge in [-0.1, -0.05) is 0 Å². The number of aromatic hydroxyl groups is 1. The first-order valence-electron chi connectivity index (χ1n) is 7.17. The van der Waals surface area contributed by atoms with Gasteiger partial charge in [0.2, 0.25) is 5.82 Å². The Morgan fingerprint density at radius 1 is 1.26 bits per heavy atom. The monoisotopic (exact) mass is 323 g/mol. The fourth-order valence-corrected chi connectivity index (χ4v) is 2.80. The van der Waals surface area contributed by atoms with Crippen molar-refractivity contribution in [1.29, 1.82) is 0 Å². The number of aromatic nitrogens is 4. The van der Waals surface area contributed by atoms with Gasteiger partial charge < -0.3 is 10.0 Å². The summed E-state index contributed by atoms with van der Waals surface area (Å²) in [5.74, 6) is -3.26. The molecule has 0 spiro atoms. The predicted octanol–water partition coefficient (Wildman–Crippen LogP) is 1.21. The highest BCUT2D eigenvalue weighted by Crippen LogP contribution is 2.28. The van der Waals surface area contributed by atoms with Crippen molar-refractivity contribution in [3.63, 3.8) is 0 Å². The van der Waals surface area contributed by atoms with Crippen LogP contribution >= 0.6 is 0 Å². The summed E-state index contributed by atoms with van der Waals surface area (Å²) in [5, 5.41) is 20.5. The van der Waals surface area contributed by atoms with E-state index in [0.717, 1.165) is 18.0 Å². The Balaban J connectivity index is 1.72. The Hall–Kier alpha value is -2.58. The summed E-state index contributed by atoms with van der Waals surface area (Å²) >= 11 is 0. The van der Waals surface area contributed by atoms with Crippen molar-refractivity contribution in [3.8, 4) is 5.75 Å². The van der Waals surface area contributed by atoms with Crippen molar-refractivity contribution in [2.24, 2.45) is 7.05 Å². The van der Waals surface area contributed by atoms with Crippen LogP contribution in [0.3, 0.4) is 0 Å². The minimum atomic E-state index is -1.41. The topological polar surface area (TPSA) is 84.1 Å². The molecular formula is C14H15F2N5O2. The number of benzene rings is 1. The number of aryl methyl sites for hydroxylation is 1. The highest BCUT2D eigenvalue weighted by molar-refractivity contribution is 5.94. The van der Waals surface area contributed by atoms with E-state index in [1.807, 2.05) is 0 Å². The van der Waals surface area contributed by atoms with Crippen LogP contribution < -0.4 is 0 Å². The number of piperidine rings is 1. The molecule has 0 bridgehead atoms. The Bertz CT molecular complexity index is 741. The van der Waals surface area contributed by atoms with Crippen LogP contribution in [0.1, 0.15) is 34.9 Å². The third-order valence-corrected chi connectivity index (χ3v) is 4.09. The lowest BCUT2D eigenvalue weighted by molar-refractivity contribution is 0.0704. The van der Waals surface area contributed by atoms with Crippen LogP contribution in [0.4, 0.5) is 8.78 Å². The maximum absolute atomic E-state index is 13.8. The zero-order valence-electron chi connectivity index (χ0n) is 12.4. The molecule has 1 aliphatic rings. The van der Waals surface area contributed by atoms with Gasteiger partial charge in [-0.25, -0.2) is 9.07 Å². The van der Waals surface area contributed by atoms with Crippen molar-refractivity contribution < 1.29 is 18.7 Å². The van der Waals surface area contributed by atoms with Gasteiger partial charge in [0.15, 0.2) is 17.4 Å². The minimum Gasteiger partial charge on any atom is -0.505 e. The number of hydrogen-bond acceptors (Lipinski definition) is 5. The Morgan fingerprint density at radius 2 is 1.96 bits per heavy atom. The lowest BCUT2D eigenvalue weighted by atomic mass is 9.95. The van der Waals surface area contributed by atoms with Crippen LogP contribution in [0.5, 0.6) is 5.75 Å². The maximum Gasteiger partial charge on any atom is 0.256 e. The first-order chi connectivity index (χ1) is 11.0. The largest absolute Gasteiger partial charge is 0.505 e. The second-order valence-corrected chi connectivity index (χ2v) is 5.49. The molecule has 0 unspecified atom stereocenters. The minimum absolute atomic E-state index is 0.125. The van der Waals surface area contributed by atoms with Gasteiger partial charge in [0.1, 0.15) is 0 Å². The summed E-state index contributed by atoms with van der Waals surface area (Å²) in [4.78, 5) is 13.8. The number of likely N-dealkylation sites (tertiary alicyclic amines) is 1. The molecule has 7 nitrogen and oxygen atoms in total. The van der Waals surface area contributed by atoms with E-state index in [-0.39, 0.29) is 11.5 Å². The maximum atomic E-state index is 13.8. The van der Waals surface area contributed by atoms with Crippen molar-refractivity contribution in [3.05, 3.63) is 35.2 Å². The second kappa shape index (κ2) is 5.90.